The molecular weight excluding hydrogens is 268 g/mol. The van der Waals surface area contributed by atoms with Gasteiger partial charge < -0.3 is 9.72 Å². The molecule has 0 saturated heterocycles. The van der Waals surface area contributed by atoms with E-state index in [4.69, 9.17) is 4.74 Å². The number of hydrogen-bond donors (Lipinski definition) is 1. The molecule has 0 aliphatic carbocycles. The van der Waals surface area contributed by atoms with Gasteiger partial charge in [-0.2, -0.15) is 0 Å². The number of para-hydroxylation sites is 1. The molecule has 5 heteroatoms. The molecule has 0 radical (unpaired) electrons. The predicted octanol–water partition coefficient (Wildman–Crippen LogP) is 2.58. The van der Waals surface area contributed by atoms with E-state index < -0.39 is 5.97 Å². The van der Waals surface area contributed by atoms with Gasteiger partial charge >= 0.3 is 5.97 Å². The van der Waals surface area contributed by atoms with Crippen molar-refractivity contribution in [3.05, 3.63) is 65.6 Å². The van der Waals surface area contributed by atoms with Crippen LogP contribution in [0.4, 0.5) is 0 Å². The van der Waals surface area contributed by atoms with Crippen molar-refractivity contribution in [3.63, 3.8) is 0 Å². The first-order valence-electron chi connectivity index (χ1n) is 6.36. The highest BCUT2D eigenvalue weighted by Gasteiger charge is 2.24. The zero-order valence-corrected chi connectivity index (χ0v) is 11.3. The van der Waals surface area contributed by atoms with Gasteiger partial charge in [-0.3, -0.25) is 9.78 Å². The molecule has 2 aromatic heterocycles. The fraction of sp³-hybridized carbons (Fsp3) is 0.0625. The van der Waals surface area contributed by atoms with Gasteiger partial charge in [0, 0.05) is 28.9 Å². The summed E-state index contributed by atoms with van der Waals surface area (Å²) >= 11 is 0. The Morgan fingerprint density at radius 3 is 2.67 bits per heavy atom. The third-order valence-electron chi connectivity index (χ3n) is 3.25. The topological polar surface area (TPSA) is 72.1 Å². The Labute approximate surface area is 120 Å². The van der Waals surface area contributed by atoms with Crippen LogP contribution in [-0.4, -0.2) is 28.8 Å². The highest BCUT2D eigenvalue weighted by molar-refractivity contribution is 6.21. The molecule has 0 saturated carbocycles. The van der Waals surface area contributed by atoms with Gasteiger partial charge in [-0.15, -0.1) is 0 Å². The van der Waals surface area contributed by atoms with Crippen molar-refractivity contribution in [2.45, 2.75) is 0 Å². The van der Waals surface area contributed by atoms with E-state index in [-0.39, 0.29) is 11.5 Å². The van der Waals surface area contributed by atoms with Crippen LogP contribution < -0.4 is 0 Å². The van der Waals surface area contributed by atoms with Crippen molar-refractivity contribution in [1.29, 1.82) is 0 Å². The number of hydrogen-bond acceptors (Lipinski definition) is 4. The molecule has 3 rings (SSSR count). The highest BCUT2D eigenvalue weighted by atomic mass is 16.5. The molecule has 2 heterocycles. The molecule has 0 amide bonds. The number of benzene rings is 1. The summed E-state index contributed by atoms with van der Waals surface area (Å²) in [6.07, 6.45) is 3.07. The number of pyridine rings is 1. The number of rotatable bonds is 3. The number of aromatic nitrogens is 2. The maximum absolute atomic E-state index is 12.7. The summed E-state index contributed by atoms with van der Waals surface area (Å²) in [7, 11) is 1.28. The van der Waals surface area contributed by atoms with E-state index in [1.165, 1.54) is 13.3 Å². The highest BCUT2D eigenvalue weighted by Crippen LogP contribution is 2.25. The first-order valence-corrected chi connectivity index (χ1v) is 6.36. The molecule has 0 unspecified atom stereocenters. The lowest BCUT2D eigenvalue weighted by Crippen LogP contribution is -2.10. The minimum atomic E-state index is -0.571. The second kappa shape index (κ2) is 5.20. The molecule has 0 atom stereocenters. The first kappa shape index (κ1) is 13.1. The average Bonchev–Trinajstić information content (AvgIpc) is 2.93. The number of nitrogens with zero attached hydrogens (tertiary/aromatic N) is 1. The standard InChI is InChI=1S/C16H12N2O3/c1-21-16(20)14-13(11-6-2-3-7-12(11)18-14)15(19)10-5-4-8-17-9-10/h2-9,18H,1H3. The number of aromatic amines is 1. The number of esters is 1. The Morgan fingerprint density at radius 1 is 1.14 bits per heavy atom. The SMILES string of the molecule is COC(=O)c1[nH]c2ccccc2c1C(=O)c1cccnc1. The minimum absolute atomic E-state index is 0.160. The lowest BCUT2D eigenvalue weighted by molar-refractivity contribution is 0.0592. The fourth-order valence-corrected chi connectivity index (χ4v) is 2.27. The van der Waals surface area contributed by atoms with Gasteiger partial charge in [-0.05, 0) is 18.2 Å². The second-order valence-corrected chi connectivity index (χ2v) is 4.48. The molecule has 5 nitrogen and oxygen atoms in total. The van der Waals surface area contributed by atoms with E-state index >= 15 is 0 Å². The maximum Gasteiger partial charge on any atom is 0.355 e. The van der Waals surface area contributed by atoms with E-state index in [0.717, 1.165) is 0 Å². The summed E-state index contributed by atoms with van der Waals surface area (Å²) in [6, 6.07) is 10.6. The summed E-state index contributed by atoms with van der Waals surface area (Å²) in [5, 5.41) is 0.687. The van der Waals surface area contributed by atoms with E-state index in [1.54, 1.807) is 24.4 Å². The molecule has 1 aromatic carbocycles. The molecule has 3 aromatic rings. The molecule has 0 aliphatic heterocycles. The van der Waals surface area contributed by atoms with Gasteiger partial charge in [0.05, 0.1) is 12.7 Å². The Balaban J connectivity index is 2.25. The normalized spacial score (nSPS) is 10.5. The minimum Gasteiger partial charge on any atom is -0.464 e. The van der Waals surface area contributed by atoms with Crippen LogP contribution in [0.3, 0.4) is 0 Å². The van der Waals surface area contributed by atoms with Gasteiger partial charge in [0.15, 0.2) is 5.78 Å². The number of fused-ring (bicyclic) bond motifs is 1. The Morgan fingerprint density at radius 2 is 1.95 bits per heavy atom. The average molecular weight is 280 g/mol. The second-order valence-electron chi connectivity index (χ2n) is 4.48. The maximum atomic E-state index is 12.7. The third-order valence-corrected chi connectivity index (χ3v) is 3.25. The lowest BCUT2D eigenvalue weighted by Gasteiger charge is -2.02. The number of H-pyrrole nitrogens is 1. The number of ketones is 1. The summed E-state index contributed by atoms with van der Waals surface area (Å²) in [6.45, 7) is 0. The van der Waals surface area contributed by atoms with Crippen LogP contribution in [0.5, 0.6) is 0 Å². The van der Waals surface area contributed by atoms with Gasteiger partial charge in [0.1, 0.15) is 5.69 Å². The summed E-state index contributed by atoms with van der Waals surface area (Å²) in [5.74, 6) is -0.834. The Kier molecular flexibility index (Phi) is 3.23. The third kappa shape index (κ3) is 2.18. The molecule has 0 fully saturated rings. The molecular formula is C16H12N2O3. The van der Waals surface area contributed by atoms with Gasteiger partial charge in [0.25, 0.3) is 0 Å². The largest absolute Gasteiger partial charge is 0.464 e. The lowest BCUT2D eigenvalue weighted by atomic mass is 10.0. The van der Waals surface area contributed by atoms with Crippen molar-refractivity contribution >= 4 is 22.7 Å². The van der Waals surface area contributed by atoms with Crippen molar-refractivity contribution in [1.82, 2.24) is 9.97 Å². The zero-order valence-electron chi connectivity index (χ0n) is 11.3. The number of carbonyl (C=O) groups excluding carboxylic acids is 2. The van der Waals surface area contributed by atoms with Crippen LogP contribution in [0.2, 0.25) is 0 Å². The first-order chi connectivity index (χ1) is 10.2. The van der Waals surface area contributed by atoms with Crippen LogP contribution in [0.15, 0.2) is 48.8 Å². The zero-order chi connectivity index (χ0) is 14.8. The predicted molar refractivity (Wildman–Crippen MR) is 77.3 cm³/mol. The van der Waals surface area contributed by atoms with Gasteiger partial charge in [-0.1, -0.05) is 18.2 Å². The van der Waals surface area contributed by atoms with Crippen LogP contribution in [0.1, 0.15) is 26.4 Å². The molecule has 0 aliphatic rings. The van der Waals surface area contributed by atoms with Gasteiger partial charge in [0.2, 0.25) is 0 Å². The number of ether oxygens (including phenoxy) is 1. The van der Waals surface area contributed by atoms with E-state index in [0.29, 0.717) is 22.0 Å². The van der Waals surface area contributed by atoms with Gasteiger partial charge in [-0.25, -0.2) is 4.79 Å². The summed E-state index contributed by atoms with van der Waals surface area (Å²) < 4.78 is 4.75. The van der Waals surface area contributed by atoms with Crippen LogP contribution >= 0.6 is 0 Å². The Bertz CT molecular complexity index is 822. The quantitative estimate of drug-likeness (QED) is 0.591. The molecule has 1 N–H and O–H groups in total. The molecule has 104 valence electrons. The summed E-state index contributed by atoms with van der Waals surface area (Å²) in [5.41, 5.74) is 1.61. The smallest absolute Gasteiger partial charge is 0.355 e. The fourth-order valence-electron chi connectivity index (χ4n) is 2.27. The van der Waals surface area contributed by atoms with Crippen LogP contribution in [0.25, 0.3) is 10.9 Å². The number of carbonyl (C=O) groups is 2. The van der Waals surface area contributed by atoms with Crippen LogP contribution in [-0.2, 0) is 4.74 Å². The number of nitrogens with one attached hydrogen (secondary N) is 1. The number of methoxy groups -OCH3 is 1. The van der Waals surface area contributed by atoms with Crippen molar-refractivity contribution in [3.8, 4) is 0 Å². The Hall–Kier alpha value is -2.95. The molecule has 0 bridgehead atoms. The molecule has 21 heavy (non-hydrogen) atoms. The van der Waals surface area contributed by atoms with Crippen molar-refractivity contribution in [2.24, 2.45) is 0 Å². The van der Waals surface area contributed by atoms with Crippen LogP contribution in [0, 0.1) is 0 Å². The summed E-state index contributed by atoms with van der Waals surface area (Å²) in [4.78, 5) is 31.5. The van der Waals surface area contributed by atoms with Crippen molar-refractivity contribution in [2.75, 3.05) is 7.11 Å². The van der Waals surface area contributed by atoms with E-state index in [1.807, 2.05) is 18.2 Å². The van der Waals surface area contributed by atoms with Crippen molar-refractivity contribution < 1.29 is 14.3 Å². The monoisotopic (exact) mass is 280 g/mol. The van der Waals surface area contributed by atoms with E-state index in [9.17, 15) is 9.59 Å². The molecule has 0 spiro atoms. The van der Waals surface area contributed by atoms with E-state index in [2.05, 4.69) is 9.97 Å².